The number of piperidine rings is 1. The molecule has 3 aliphatic heterocycles. The molecular weight excluding hydrogens is 496 g/mol. The molecule has 0 radical (unpaired) electrons. The lowest BCUT2D eigenvalue weighted by Gasteiger charge is -2.35. The van der Waals surface area contributed by atoms with Gasteiger partial charge in [0.25, 0.3) is 11.8 Å². The van der Waals surface area contributed by atoms with Crippen LogP contribution < -0.4 is 15.5 Å². The number of carbonyl (C=O) groups excluding carboxylic acids is 3. The highest BCUT2D eigenvalue weighted by molar-refractivity contribution is 6.31. The van der Waals surface area contributed by atoms with Crippen molar-refractivity contribution in [2.45, 2.75) is 31.0 Å². The molecule has 10 nitrogen and oxygen atoms in total. The van der Waals surface area contributed by atoms with Gasteiger partial charge in [-0.2, -0.15) is 0 Å². The average Bonchev–Trinajstić information content (AvgIpc) is 3.53. The second kappa shape index (κ2) is 8.74. The van der Waals surface area contributed by atoms with Gasteiger partial charge in [0.1, 0.15) is 17.1 Å². The molecule has 0 saturated carbocycles. The summed E-state index contributed by atoms with van der Waals surface area (Å²) < 4.78 is 6.08. The molecule has 0 aliphatic carbocycles. The van der Waals surface area contributed by atoms with Crippen LogP contribution in [0.15, 0.2) is 40.8 Å². The van der Waals surface area contributed by atoms with E-state index in [4.69, 9.17) is 21.0 Å². The number of hydrogen-bond acceptors (Lipinski definition) is 7. The largest absolute Gasteiger partial charge is 0.456 e. The van der Waals surface area contributed by atoms with Crippen molar-refractivity contribution in [3.8, 4) is 0 Å². The van der Waals surface area contributed by atoms with E-state index in [1.165, 1.54) is 4.90 Å². The topological polar surface area (TPSA) is 111 Å². The van der Waals surface area contributed by atoms with Gasteiger partial charge in [0.05, 0.1) is 6.54 Å². The number of rotatable bonds is 5. The van der Waals surface area contributed by atoms with E-state index in [-0.39, 0.29) is 18.2 Å². The molecule has 37 heavy (non-hydrogen) atoms. The Kier molecular flexibility index (Phi) is 5.61. The minimum Gasteiger partial charge on any atom is -0.456 e. The van der Waals surface area contributed by atoms with Crippen LogP contribution in [0.5, 0.6) is 0 Å². The van der Waals surface area contributed by atoms with Crippen molar-refractivity contribution in [3.05, 3.63) is 58.3 Å². The molecule has 3 aromatic rings. The number of furan rings is 1. The Labute approximate surface area is 218 Å². The van der Waals surface area contributed by atoms with Crippen LogP contribution in [-0.2, 0) is 16.9 Å². The van der Waals surface area contributed by atoms with Gasteiger partial charge in [0.15, 0.2) is 11.1 Å². The van der Waals surface area contributed by atoms with E-state index in [0.29, 0.717) is 34.3 Å². The standard InChI is InChI=1S/C26H27ClN6O4/c1-31(2)17-7-9-32(10-8-17)22-6-5-20-19(28-22)12-21(37-20)26(24(35)29-25(36)30-26)14-33-13-15-3-4-16(27)11-18(15)23(33)34/h3-6,11-12,17H,7-10,13-14H2,1-2H3,(H2,29,30,35,36). The van der Waals surface area contributed by atoms with Crippen LogP contribution in [-0.4, -0.2) is 72.4 Å². The van der Waals surface area contributed by atoms with E-state index < -0.39 is 17.5 Å². The highest BCUT2D eigenvalue weighted by atomic mass is 35.5. The summed E-state index contributed by atoms with van der Waals surface area (Å²) in [4.78, 5) is 49.4. The molecule has 3 aliphatic rings. The number of fused-ring (bicyclic) bond motifs is 2. The zero-order chi connectivity index (χ0) is 25.9. The number of nitrogens with one attached hydrogen (secondary N) is 2. The minimum atomic E-state index is -1.58. The van der Waals surface area contributed by atoms with Crippen LogP contribution in [0.3, 0.4) is 0 Å². The van der Waals surface area contributed by atoms with E-state index in [0.717, 1.165) is 37.3 Å². The predicted molar refractivity (Wildman–Crippen MR) is 137 cm³/mol. The molecule has 4 amide bonds. The van der Waals surface area contributed by atoms with Crippen LogP contribution in [0.2, 0.25) is 5.02 Å². The number of aromatic nitrogens is 1. The Morgan fingerprint density at radius 2 is 1.92 bits per heavy atom. The number of urea groups is 1. The van der Waals surface area contributed by atoms with E-state index >= 15 is 0 Å². The van der Waals surface area contributed by atoms with E-state index in [1.807, 2.05) is 12.1 Å². The van der Waals surface area contributed by atoms with Crippen molar-refractivity contribution in [1.29, 1.82) is 0 Å². The van der Waals surface area contributed by atoms with Crippen LogP contribution in [0.25, 0.3) is 11.1 Å². The number of amides is 4. The average molecular weight is 523 g/mol. The van der Waals surface area contributed by atoms with Crippen molar-refractivity contribution in [3.63, 3.8) is 0 Å². The molecule has 2 aromatic heterocycles. The lowest BCUT2D eigenvalue weighted by molar-refractivity contribution is -0.125. The third-order valence-electron chi connectivity index (χ3n) is 7.62. The minimum absolute atomic E-state index is 0.0968. The SMILES string of the molecule is CN(C)C1CCN(c2ccc3oc(C4(CN5Cc6ccc(Cl)cc6C5=O)NC(=O)NC4=O)cc3n2)CC1. The number of benzene rings is 1. The molecule has 2 N–H and O–H groups in total. The maximum Gasteiger partial charge on any atom is 0.322 e. The Bertz CT molecular complexity index is 1430. The Morgan fingerprint density at radius 3 is 2.62 bits per heavy atom. The Hall–Kier alpha value is -3.63. The first kappa shape index (κ1) is 23.7. The van der Waals surface area contributed by atoms with Gasteiger partial charge >= 0.3 is 6.03 Å². The van der Waals surface area contributed by atoms with E-state index in [2.05, 4.69) is 34.5 Å². The molecule has 0 bridgehead atoms. The number of anilines is 1. The molecule has 11 heteroatoms. The first-order chi connectivity index (χ1) is 17.7. The van der Waals surface area contributed by atoms with Crippen LogP contribution in [0.1, 0.15) is 34.5 Å². The molecule has 1 aromatic carbocycles. The van der Waals surface area contributed by atoms with Crippen LogP contribution in [0, 0.1) is 0 Å². The number of nitrogens with zero attached hydrogens (tertiary/aromatic N) is 4. The third-order valence-corrected chi connectivity index (χ3v) is 7.85. The van der Waals surface area contributed by atoms with Gasteiger partial charge in [0.2, 0.25) is 0 Å². The summed E-state index contributed by atoms with van der Waals surface area (Å²) in [5.74, 6) is 0.226. The fourth-order valence-electron chi connectivity index (χ4n) is 5.51. The summed E-state index contributed by atoms with van der Waals surface area (Å²) in [7, 11) is 4.21. The van der Waals surface area contributed by atoms with Gasteiger partial charge in [0, 0.05) is 42.3 Å². The lowest BCUT2D eigenvalue weighted by atomic mass is 9.95. The smallest absolute Gasteiger partial charge is 0.322 e. The zero-order valence-corrected chi connectivity index (χ0v) is 21.3. The van der Waals surface area contributed by atoms with Gasteiger partial charge in [-0.05, 0) is 56.8 Å². The van der Waals surface area contributed by atoms with Crippen LogP contribution >= 0.6 is 11.6 Å². The van der Waals surface area contributed by atoms with Crippen molar-refractivity contribution in [2.24, 2.45) is 0 Å². The third kappa shape index (κ3) is 4.00. The van der Waals surface area contributed by atoms with Crippen molar-refractivity contribution >= 4 is 46.4 Å². The first-order valence-corrected chi connectivity index (χ1v) is 12.6. The normalized spacial score (nSPS) is 22.2. The summed E-state index contributed by atoms with van der Waals surface area (Å²) in [6, 6.07) is 10.5. The van der Waals surface area contributed by atoms with Gasteiger partial charge < -0.3 is 24.4 Å². The number of pyridine rings is 1. The zero-order valence-electron chi connectivity index (χ0n) is 20.6. The summed E-state index contributed by atoms with van der Waals surface area (Å²) in [6.45, 7) is 1.99. The molecule has 2 fully saturated rings. The second-order valence-corrected chi connectivity index (χ2v) is 10.6. The highest BCUT2D eigenvalue weighted by Crippen LogP contribution is 2.35. The molecule has 1 unspecified atom stereocenters. The molecule has 6 rings (SSSR count). The van der Waals surface area contributed by atoms with Crippen molar-refractivity contribution in [2.75, 3.05) is 38.6 Å². The molecule has 5 heterocycles. The summed E-state index contributed by atoms with van der Waals surface area (Å²) in [5, 5.41) is 5.48. The number of hydrogen-bond donors (Lipinski definition) is 2. The van der Waals surface area contributed by atoms with Crippen molar-refractivity contribution < 1.29 is 18.8 Å². The maximum absolute atomic E-state index is 13.2. The number of halogens is 1. The van der Waals surface area contributed by atoms with Gasteiger partial charge in [-0.25, -0.2) is 9.78 Å². The molecule has 0 spiro atoms. The fraction of sp³-hybridized carbons (Fsp3) is 0.385. The maximum atomic E-state index is 13.2. The summed E-state index contributed by atoms with van der Waals surface area (Å²) >= 11 is 6.09. The van der Waals surface area contributed by atoms with E-state index in [1.54, 1.807) is 24.3 Å². The first-order valence-electron chi connectivity index (χ1n) is 12.3. The molecular formula is C26H27ClN6O4. The fourth-order valence-corrected chi connectivity index (χ4v) is 5.68. The monoisotopic (exact) mass is 522 g/mol. The summed E-state index contributed by atoms with van der Waals surface area (Å²) in [6.07, 6.45) is 2.10. The van der Waals surface area contributed by atoms with Gasteiger partial charge in [-0.15, -0.1) is 0 Å². The van der Waals surface area contributed by atoms with Gasteiger partial charge in [-0.3, -0.25) is 14.9 Å². The quantitative estimate of drug-likeness (QED) is 0.496. The Morgan fingerprint density at radius 1 is 1.14 bits per heavy atom. The summed E-state index contributed by atoms with van der Waals surface area (Å²) in [5.41, 5.74) is 0.796. The van der Waals surface area contributed by atoms with Gasteiger partial charge in [-0.1, -0.05) is 17.7 Å². The second-order valence-electron chi connectivity index (χ2n) is 10.1. The molecule has 2 saturated heterocycles. The highest BCUT2D eigenvalue weighted by Gasteiger charge is 2.53. The Balaban J connectivity index is 1.31. The molecule has 192 valence electrons. The number of carbonyl (C=O) groups is 3. The lowest BCUT2D eigenvalue weighted by Crippen LogP contribution is -2.52. The number of imide groups is 1. The van der Waals surface area contributed by atoms with E-state index in [9.17, 15) is 14.4 Å². The van der Waals surface area contributed by atoms with Crippen LogP contribution in [0.4, 0.5) is 10.6 Å². The van der Waals surface area contributed by atoms with Crippen molar-refractivity contribution in [1.82, 2.24) is 25.4 Å². The predicted octanol–water partition coefficient (Wildman–Crippen LogP) is 2.70. The molecule has 1 atom stereocenters.